The number of urea groups is 1. The molecule has 3 rings (SSSR count). The van der Waals surface area contributed by atoms with Crippen molar-refractivity contribution in [2.24, 2.45) is 0 Å². The molecule has 1 unspecified atom stereocenters. The molecule has 1 aromatic carbocycles. The molecule has 3 N–H and O–H groups in total. The average Bonchev–Trinajstić information content (AvgIpc) is 3.16. The fourth-order valence-electron chi connectivity index (χ4n) is 3.98. The molecule has 132 valence electrons. The first kappa shape index (κ1) is 17.2. The van der Waals surface area contributed by atoms with Crippen molar-refractivity contribution in [3.8, 4) is 0 Å². The number of hydrogen-bond donors (Lipinski definition) is 3. The minimum absolute atomic E-state index is 0.0996. The maximum absolute atomic E-state index is 12.2. The molecule has 1 aromatic rings. The first-order valence-electron chi connectivity index (χ1n) is 9.23. The minimum Gasteiger partial charge on any atom is -0.394 e. The van der Waals surface area contributed by atoms with Gasteiger partial charge in [0.1, 0.15) is 0 Å². The van der Waals surface area contributed by atoms with Gasteiger partial charge >= 0.3 is 6.03 Å². The van der Waals surface area contributed by atoms with Gasteiger partial charge in [-0.1, -0.05) is 43.2 Å². The zero-order chi connectivity index (χ0) is 16.8. The zero-order valence-corrected chi connectivity index (χ0v) is 14.3. The van der Waals surface area contributed by atoms with E-state index in [2.05, 4.69) is 15.5 Å². The molecule has 1 saturated heterocycles. The predicted octanol–water partition coefficient (Wildman–Crippen LogP) is 2.43. The minimum atomic E-state index is -0.357. The molecular weight excluding hydrogens is 302 g/mol. The molecule has 0 spiro atoms. The molecule has 1 aliphatic heterocycles. The van der Waals surface area contributed by atoms with Crippen molar-refractivity contribution in [1.29, 1.82) is 0 Å². The normalized spacial score (nSPS) is 21.5. The second-order valence-electron chi connectivity index (χ2n) is 7.01. The van der Waals surface area contributed by atoms with Gasteiger partial charge in [-0.3, -0.25) is 0 Å². The van der Waals surface area contributed by atoms with Crippen molar-refractivity contribution in [3.05, 3.63) is 35.9 Å². The summed E-state index contributed by atoms with van der Waals surface area (Å²) in [5.74, 6) is 0. The van der Waals surface area contributed by atoms with E-state index in [4.69, 9.17) is 0 Å². The molecule has 2 aliphatic rings. The Bertz CT molecular complexity index is 509. The Kier molecular flexibility index (Phi) is 6.10. The summed E-state index contributed by atoms with van der Waals surface area (Å²) < 4.78 is 0. The molecule has 1 heterocycles. The summed E-state index contributed by atoms with van der Waals surface area (Å²) in [6.07, 6.45) is 7.44. The third-order valence-corrected chi connectivity index (χ3v) is 5.40. The number of aliphatic hydroxyl groups is 1. The van der Waals surface area contributed by atoms with Crippen LogP contribution in [0.4, 0.5) is 4.79 Å². The third-order valence-electron chi connectivity index (χ3n) is 5.40. The van der Waals surface area contributed by atoms with Crippen LogP contribution in [0, 0.1) is 0 Å². The van der Waals surface area contributed by atoms with Crippen molar-refractivity contribution >= 4 is 6.03 Å². The topological polar surface area (TPSA) is 64.6 Å². The molecule has 5 nitrogen and oxygen atoms in total. The molecule has 5 heteroatoms. The average molecular weight is 331 g/mol. The number of carbonyl (C=O) groups excluding carboxylic acids is 1. The van der Waals surface area contributed by atoms with Crippen LogP contribution in [-0.2, 0) is 0 Å². The summed E-state index contributed by atoms with van der Waals surface area (Å²) in [7, 11) is 0. The van der Waals surface area contributed by atoms with E-state index in [9.17, 15) is 9.90 Å². The number of likely N-dealkylation sites (tertiary alicyclic amines) is 1. The highest BCUT2D eigenvalue weighted by molar-refractivity contribution is 5.74. The van der Waals surface area contributed by atoms with Crippen molar-refractivity contribution in [3.63, 3.8) is 0 Å². The van der Waals surface area contributed by atoms with Gasteiger partial charge in [0.25, 0.3) is 0 Å². The zero-order valence-electron chi connectivity index (χ0n) is 14.3. The van der Waals surface area contributed by atoms with Crippen LogP contribution in [0.15, 0.2) is 30.3 Å². The number of nitrogens with zero attached hydrogens (tertiary/aromatic N) is 1. The standard InChI is InChI=1S/C19H29N3O2/c23-14-18(15-6-2-1-3-7-15)21-19(24)20-16-10-12-22(13-11-16)17-8-4-5-9-17/h1-3,6-7,16-18,23H,4-5,8-14H2,(H2,20,21,24). The van der Waals surface area contributed by atoms with E-state index < -0.39 is 0 Å². The first-order chi connectivity index (χ1) is 11.8. The lowest BCUT2D eigenvalue weighted by molar-refractivity contribution is 0.144. The molecule has 1 atom stereocenters. The number of amides is 2. The highest BCUT2D eigenvalue weighted by Crippen LogP contribution is 2.26. The first-order valence-corrected chi connectivity index (χ1v) is 9.23. The lowest BCUT2D eigenvalue weighted by Crippen LogP contribution is -2.50. The van der Waals surface area contributed by atoms with Gasteiger partial charge in [0.05, 0.1) is 12.6 Å². The van der Waals surface area contributed by atoms with Crippen molar-refractivity contribution < 1.29 is 9.90 Å². The number of aliphatic hydroxyl groups excluding tert-OH is 1. The fraction of sp³-hybridized carbons (Fsp3) is 0.632. The number of nitrogens with one attached hydrogen (secondary N) is 2. The Hall–Kier alpha value is -1.59. The van der Waals surface area contributed by atoms with Gasteiger partial charge in [0, 0.05) is 25.2 Å². The number of rotatable bonds is 5. The lowest BCUT2D eigenvalue weighted by atomic mass is 10.0. The monoisotopic (exact) mass is 331 g/mol. The van der Waals surface area contributed by atoms with E-state index in [1.165, 1.54) is 25.7 Å². The molecule has 1 saturated carbocycles. The van der Waals surface area contributed by atoms with Gasteiger partial charge in [-0.2, -0.15) is 0 Å². The van der Waals surface area contributed by atoms with Crippen LogP contribution in [-0.4, -0.2) is 47.8 Å². The van der Waals surface area contributed by atoms with Crippen LogP contribution >= 0.6 is 0 Å². The lowest BCUT2D eigenvalue weighted by Gasteiger charge is -2.36. The van der Waals surface area contributed by atoms with Crippen LogP contribution in [0.25, 0.3) is 0 Å². The molecule has 2 fully saturated rings. The molecule has 1 aliphatic carbocycles. The molecule has 24 heavy (non-hydrogen) atoms. The van der Waals surface area contributed by atoms with E-state index in [1.54, 1.807) is 0 Å². The van der Waals surface area contributed by atoms with E-state index in [0.29, 0.717) is 0 Å². The second-order valence-corrected chi connectivity index (χ2v) is 7.01. The smallest absolute Gasteiger partial charge is 0.315 e. The SMILES string of the molecule is O=C(NC1CCN(C2CCCC2)CC1)NC(CO)c1ccccc1. The maximum atomic E-state index is 12.2. The van der Waals surface area contributed by atoms with Crippen LogP contribution in [0.2, 0.25) is 0 Å². The second kappa shape index (κ2) is 8.49. The van der Waals surface area contributed by atoms with Crippen molar-refractivity contribution in [2.45, 2.75) is 56.7 Å². The largest absolute Gasteiger partial charge is 0.394 e. The van der Waals surface area contributed by atoms with Crippen molar-refractivity contribution in [2.75, 3.05) is 19.7 Å². The Morgan fingerprint density at radius 3 is 2.42 bits per heavy atom. The molecular formula is C19H29N3O2. The highest BCUT2D eigenvalue weighted by atomic mass is 16.3. The summed E-state index contributed by atoms with van der Waals surface area (Å²) in [6.45, 7) is 2.06. The molecule has 0 radical (unpaired) electrons. The molecule has 0 aromatic heterocycles. The van der Waals surface area contributed by atoms with E-state index in [1.807, 2.05) is 30.3 Å². The predicted molar refractivity (Wildman–Crippen MR) is 94.8 cm³/mol. The van der Waals surface area contributed by atoms with Gasteiger partial charge in [-0.15, -0.1) is 0 Å². The van der Waals surface area contributed by atoms with Crippen LogP contribution in [0.1, 0.15) is 50.1 Å². The number of carbonyl (C=O) groups is 1. The Labute approximate surface area is 144 Å². The third kappa shape index (κ3) is 4.48. The Morgan fingerprint density at radius 2 is 1.79 bits per heavy atom. The number of benzene rings is 1. The quantitative estimate of drug-likeness (QED) is 0.776. The Balaban J connectivity index is 1.43. The van der Waals surface area contributed by atoms with Gasteiger partial charge in [0.15, 0.2) is 0 Å². The van der Waals surface area contributed by atoms with E-state index in [-0.39, 0.29) is 24.7 Å². The highest BCUT2D eigenvalue weighted by Gasteiger charge is 2.27. The molecule has 2 amide bonds. The van der Waals surface area contributed by atoms with Crippen molar-refractivity contribution in [1.82, 2.24) is 15.5 Å². The molecule has 0 bridgehead atoms. The van der Waals surface area contributed by atoms with Gasteiger partial charge in [-0.05, 0) is 31.2 Å². The van der Waals surface area contributed by atoms with E-state index >= 15 is 0 Å². The summed E-state index contributed by atoms with van der Waals surface area (Å²) in [5, 5.41) is 15.5. The fourth-order valence-corrected chi connectivity index (χ4v) is 3.98. The van der Waals surface area contributed by atoms with Crippen LogP contribution < -0.4 is 10.6 Å². The van der Waals surface area contributed by atoms with Crippen LogP contribution in [0.3, 0.4) is 0 Å². The summed E-state index contributed by atoms with van der Waals surface area (Å²) in [4.78, 5) is 14.8. The number of hydrogen-bond acceptors (Lipinski definition) is 3. The summed E-state index contributed by atoms with van der Waals surface area (Å²) in [6, 6.07) is 10.1. The maximum Gasteiger partial charge on any atom is 0.315 e. The summed E-state index contributed by atoms with van der Waals surface area (Å²) >= 11 is 0. The van der Waals surface area contributed by atoms with Gasteiger partial charge in [-0.25, -0.2) is 4.79 Å². The Morgan fingerprint density at radius 1 is 1.12 bits per heavy atom. The number of piperidine rings is 1. The van der Waals surface area contributed by atoms with E-state index in [0.717, 1.165) is 37.5 Å². The van der Waals surface area contributed by atoms with Gasteiger partial charge < -0.3 is 20.6 Å². The van der Waals surface area contributed by atoms with Crippen LogP contribution in [0.5, 0.6) is 0 Å². The van der Waals surface area contributed by atoms with Gasteiger partial charge in [0.2, 0.25) is 0 Å². The summed E-state index contributed by atoms with van der Waals surface area (Å²) in [5.41, 5.74) is 0.922.